The molecule has 0 radical (unpaired) electrons. The summed E-state index contributed by atoms with van der Waals surface area (Å²) in [6, 6.07) is 16.7. The molecule has 0 N–H and O–H groups in total. The summed E-state index contributed by atoms with van der Waals surface area (Å²) in [7, 11) is 5.62. The lowest BCUT2D eigenvalue weighted by molar-refractivity contribution is 1.31. The van der Waals surface area contributed by atoms with Gasteiger partial charge in [0.15, 0.2) is 0 Å². The zero-order chi connectivity index (χ0) is 15.8. The number of benzene rings is 2. The Kier molecular flexibility index (Phi) is 3.95. The van der Waals surface area contributed by atoms with Crippen LogP contribution in [0.25, 0.3) is 31.9 Å². The fourth-order valence-electron chi connectivity index (χ4n) is 2.64. The molecular weight excluding hydrogens is 338 g/mol. The first-order chi connectivity index (χ1) is 11.3. The molecule has 0 aliphatic heterocycles. The molecule has 23 heavy (non-hydrogen) atoms. The van der Waals surface area contributed by atoms with Gasteiger partial charge in [0.05, 0.1) is 9.75 Å². The molecule has 5 heteroatoms. The third kappa shape index (κ3) is 2.60. The third-order valence-corrected chi connectivity index (χ3v) is 5.99. The standard InChI is InChI=1S/C18H14N2P2S/c21-13-7-3-1-5-11(13)17-15-16(20-10-9-19-15)18(23-17)12-6-2-4-8-14(12)22/h1-10H,21-22H2. The summed E-state index contributed by atoms with van der Waals surface area (Å²) in [4.78, 5) is 11.5. The highest BCUT2D eigenvalue weighted by atomic mass is 32.1. The monoisotopic (exact) mass is 352 g/mol. The minimum absolute atomic E-state index is 0.968. The molecule has 2 aromatic carbocycles. The summed E-state index contributed by atoms with van der Waals surface area (Å²) in [5, 5.41) is 2.35. The van der Waals surface area contributed by atoms with Crippen molar-refractivity contribution in [2.45, 2.75) is 0 Å². The van der Waals surface area contributed by atoms with Gasteiger partial charge in [-0.3, -0.25) is 9.97 Å². The van der Waals surface area contributed by atoms with E-state index in [1.54, 1.807) is 23.7 Å². The maximum Gasteiger partial charge on any atom is 0.108 e. The number of hydrogen-bond acceptors (Lipinski definition) is 3. The Bertz CT molecular complexity index is 931. The fraction of sp³-hybridized carbons (Fsp3) is 0. The summed E-state index contributed by atoms with van der Waals surface area (Å²) >= 11 is 1.76. The fourth-order valence-corrected chi connectivity index (χ4v) is 4.84. The zero-order valence-electron chi connectivity index (χ0n) is 12.2. The van der Waals surface area contributed by atoms with Gasteiger partial charge in [0, 0.05) is 23.5 Å². The van der Waals surface area contributed by atoms with Crippen LogP contribution in [-0.2, 0) is 0 Å². The van der Waals surface area contributed by atoms with E-state index in [4.69, 9.17) is 0 Å². The van der Waals surface area contributed by atoms with Gasteiger partial charge < -0.3 is 0 Å². The second kappa shape index (κ2) is 6.09. The quantitative estimate of drug-likeness (QED) is 0.509. The van der Waals surface area contributed by atoms with Gasteiger partial charge in [-0.15, -0.1) is 29.8 Å². The van der Waals surface area contributed by atoms with Crippen LogP contribution in [0.2, 0.25) is 0 Å². The summed E-state index contributed by atoms with van der Waals surface area (Å²) < 4.78 is 0. The molecule has 0 aliphatic carbocycles. The van der Waals surface area contributed by atoms with Gasteiger partial charge in [-0.1, -0.05) is 48.5 Å². The highest BCUT2D eigenvalue weighted by Crippen LogP contribution is 2.41. The number of thiophene rings is 1. The number of fused-ring (bicyclic) bond motifs is 1. The first-order valence-corrected chi connectivity index (χ1v) is 9.16. The normalized spacial score (nSPS) is 11.0. The largest absolute Gasteiger partial charge is 0.251 e. The van der Waals surface area contributed by atoms with Gasteiger partial charge in [-0.2, -0.15) is 0 Å². The van der Waals surface area contributed by atoms with Crippen molar-refractivity contribution in [3.63, 3.8) is 0 Å². The van der Waals surface area contributed by atoms with E-state index in [-0.39, 0.29) is 0 Å². The Morgan fingerprint density at radius 2 is 1.09 bits per heavy atom. The lowest BCUT2D eigenvalue weighted by Gasteiger charge is -2.03. The van der Waals surface area contributed by atoms with Crippen LogP contribution < -0.4 is 10.6 Å². The smallest absolute Gasteiger partial charge is 0.108 e. The molecule has 0 bridgehead atoms. The van der Waals surface area contributed by atoms with Gasteiger partial charge in [0.25, 0.3) is 0 Å². The molecule has 0 aliphatic rings. The van der Waals surface area contributed by atoms with Crippen molar-refractivity contribution in [2.75, 3.05) is 0 Å². The van der Waals surface area contributed by atoms with Crippen LogP contribution in [0.15, 0.2) is 60.9 Å². The molecular formula is C18H14N2P2S. The first-order valence-electron chi connectivity index (χ1n) is 7.19. The summed E-state index contributed by atoms with van der Waals surface area (Å²) in [6.07, 6.45) is 3.53. The molecule has 0 spiro atoms. The molecule has 2 aromatic heterocycles. The number of rotatable bonds is 2. The van der Waals surface area contributed by atoms with Crippen LogP contribution >= 0.6 is 29.8 Å². The van der Waals surface area contributed by atoms with E-state index in [0.29, 0.717) is 0 Å². The zero-order valence-corrected chi connectivity index (χ0v) is 15.4. The van der Waals surface area contributed by atoms with E-state index in [1.807, 2.05) is 12.1 Å². The van der Waals surface area contributed by atoms with Crippen molar-refractivity contribution < 1.29 is 0 Å². The van der Waals surface area contributed by atoms with E-state index in [2.05, 4.69) is 64.8 Å². The molecule has 0 fully saturated rings. The van der Waals surface area contributed by atoms with E-state index in [0.717, 1.165) is 11.0 Å². The topological polar surface area (TPSA) is 25.8 Å². The van der Waals surface area contributed by atoms with Crippen molar-refractivity contribution in [2.24, 2.45) is 0 Å². The van der Waals surface area contributed by atoms with Crippen LogP contribution in [0.1, 0.15) is 0 Å². The molecule has 0 saturated carbocycles. The Hall–Kier alpha value is -1.66. The van der Waals surface area contributed by atoms with Crippen molar-refractivity contribution in [1.29, 1.82) is 0 Å². The van der Waals surface area contributed by atoms with Crippen LogP contribution in [-0.4, -0.2) is 9.97 Å². The highest BCUT2D eigenvalue weighted by Gasteiger charge is 2.18. The molecule has 2 nitrogen and oxygen atoms in total. The van der Waals surface area contributed by atoms with Gasteiger partial charge >= 0.3 is 0 Å². The van der Waals surface area contributed by atoms with E-state index < -0.39 is 0 Å². The van der Waals surface area contributed by atoms with E-state index in [1.165, 1.54) is 31.5 Å². The molecule has 4 rings (SSSR count). The van der Waals surface area contributed by atoms with Crippen LogP contribution in [0, 0.1) is 0 Å². The lowest BCUT2D eigenvalue weighted by atomic mass is 10.1. The van der Waals surface area contributed by atoms with Gasteiger partial charge in [-0.05, 0) is 10.6 Å². The van der Waals surface area contributed by atoms with E-state index in [9.17, 15) is 0 Å². The van der Waals surface area contributed by atoms with Crippen molar-refractivity contribution >= 4 is 51.5 Å². The molecule has 2 atom stereocenters. The van der Waals surface area contributed by atoms with Crippen molar-refractivity contribution in [1.82, 2.24) is 9.97 Å². The number of nitrogens with zero attached hydrogens (tertiary/aromatic N) is 2. The van der Waals surface area contributed by atoms with Gasteiger partial charge in [0.2, 0.25) is 0 Å². The van der Waals surface area contributed by atoms with Crippen molar-refractivity contribution in [3.05, 3.63) is 60.9 Å². The first kappa shape index (κ1) is 14.9. The second-order valence-corrected chi connectivity index (χ2v) is 7.45. The van der Waals surface area contributed by atoms with Crippen LogP contribution in [0.4, 0.5) is 0 Å². The van der Waals surface area contributed by atoms with E-state index >= 15 is 0 Å². The molecule has 2 unspecified atom stereocenters. The Morgan fingerprint density at radius 1 is 0.652 bits per heavy atom. The maximum atomic E-state index is 4.61. The summed E-state index contributed by atoms with van der Waals surface area (Å²) in [5.41, 5.74) is 4.33. The summed E-state index contributed by atoms with van der Waals surface area (Å²) in [5.74, 6) is 0. The highest BCUT2D eigenvalue weighted by molar-refractivity contribution is 7.29. The van der Waals surface area contributed by atoms with Crippen LogP contribution in [0.3, 0.4) is 0 Å². The second-order valence-electron chi connectivity index (χ2n) is 5.19. The van der Waals surface area contributed by atoms with Gasteiger partial charge in [-0.25, -0.2) is 0 Å². The molecule has 2 heterocycles. The number of hydrogen-bond donors (Lipinski definition) is 0. The predicted molar refractivity (Wildman–Crippen MR) is 107 cm³/mol. The Balaban J connectivity index is 2.06. The van der Waals surface area contributed by atoms with Gasteiger partial charge in [0.1, 0.15) is 11.0 Å². The molecule has 0 amide bonds. The van der Waals surface area contributed by atoms with Crippen molar-refractivity contribution in [3.8, 4) is 20.9 Å². The lowest BCUT2D eigenvalue weighted by Crippen LogP contribution is -1.94. The summed E-state index contributed by atoms with van der Waals surface area (Å²) in [6.45, 7) is 0. The third-order valence-electron chi connectivity index (χ3n) is 3.74. The molecule has 4 aromatic rings. The predicted octanol–water partition coefficient (Wildman–Crippen LogP) is 4.03. The minimum atomic E-state index is 0.968. The Labute approximate surface area is 143 Å². The molecule has 112 valence electrons. The number of aromatic nitrogens is 2. The SMILES string of the molecule is Pc1ccccc1-c1sc(-c2ccccc2P)c2nccnc12. The minimum Gasteiger partial charge on any atom is -0.251 e. The average Bonchev–Trinajstić information content (AvgIpc) is 2.95. The maximum absolute atomic E-state index is 4.61. The van der Waals surface area contributed by atoms with Crippen LogP contribution in [0.5, 0.6) is 0 Å². The molecule has 0 saturated heterocycles. The average molecular weight is 352 g/mol. The Morgan fingerprint density at radius 3 is 1.52 bits per heavy atom.